The minimum atomic E-state index is -3.03. The van der Waals surface area contributed by atoms with Gasteiger partial charge < -0.3 is 20.4 Å². The molecule has 0 aliphatic heterocycles. The lowest BCUT2D eigenvalue weighted by atomic mass is 9.59. The second-order valence-corrected chi connectivity index (χ2v) is 5.11. The molecule has 2 saturated carbocycles. The van der Waals surface area contributed by atoms with Gasteiger partial charge in [0, 0.05) is 11.8 Å². The minimum Gasteiger partial charge on any atom is -0.361 e. The van der Waals surface area contributed by atoms with E-state index in [2.05, 4.69) is 0 Å². The van der Waals surface area contributed by atoms with E-state index >= 15 is 0 Å². The number of hydrogen-bond acceptors (Lipinski definition) is 5. The Morgan fingerprint density at radius 2 is 1.44 bits per heavy atom. The van der Waals surface area contributed by atoms with Crippen molar-refractivity contribution in [3.63, 3.8) is 0 Å². The summed E-state index contributed by atoms with van der Waals surface area (Å²) < 4.78 is 0. The SMILES string of the molecule is O=C1CCC2(CCCCC2)C(O)(O)C1(O)O. The summed E-state index contributed by atoms with van der Waals surface area (Å²) in [4.78, 5) is 11.3. The summed E-state index contributed by atoms with van der Waals surface area (Å²) in [7, 11) is 0. The minimum absolute atomic E-state index is 0.00410. The molecule has 5 heteroatoms. The van der Waals surface area contributed by atoms with Crippen molar-refractivity contribution >= 4 is 5.78 Å². The lowest BCUT2D eigenvalue weighted by molar-refractivity contribution is -0.393. The van der Waals surface area contributed by atoms with Crippen LogP contribution in [-0.2, 0) is 4.79 Å². The van der Waals surface area contributed by atoms with Crippen LogP contribution in [0.3, 0.4) is 0 Å². The standard InChI is InChI=1S/C11H18O5/c12-8-4-7-9(5-2-1-3-6-9)11(15,16)10(8,13)14/h13-16H,1-7H2. The molecule has 0 aromatic rings. The Bertz CT molecular complexity index is 301. The van der Waals surface area contributed by atoms with Crippen LogP contribution in [0.1, 0.15) is 44.9 Å². The molecule has 1 spiro atoms. The van der Waals surface area contributed by atoms with Crippen LogP contribution in [0, 0.1) is 5.41 Å². The first-order valence-corrected chi connectivity index (χ1v) is 5.76. The van der Waals surface area contributed by atoms with Crippen LogP contribution in [0.15, 0.2) is 0 Å². The molecule has 0 aromatic carbocycles. The van der Waals surface area contributed by atoms with Gasteiger partial charge in [0.2, 0.25) is 5.79 Å². The molecule has 0 saturated heterocycles. The summed E-state index contributed by atoms with van der Waals surface area (Å²) in [5.41, 5.74) is -0.942. The molecule has 2 fully saturated rings. The van der Waals surface area contributed by atoms with Crippen molar-refractivity contribution in [3.05, 3.63) is 0 Å². The summed E-state index contributed by atoms with van der Waals surface area (Å²) in [6.45, 7) is 0. The Balaban J connectivity index is 2.37. The van der Waals surface area contributed by atoms with Gasteiger partial charge in [0.1, 0.15) is 0 Å². The maximum absolute atomic E-state index is 11.3. The van der Waals surface area contributed by atoms with E-state index < -0.39 is 22.8 Å². The maximum Gasteiger partial charge on any atom is 0.280 e. The van der Waals surface area contributed by atoms with Gasteiger partial charge >= 0.3 is 0 Å². The number of Topliss-reactive ketones (excluding diaryl/α,β-unsaturated/α-hetero) is 1. The van der Waals surface area contributed by atoms with Crippen molar-refractivity contribution in [2.75, 3.05) is 0 Å². The highest BCUT2D eigenvalue weighted by Crippen LogP contribution is 2.53. The molecular weight excluding hydrogens is 212 g/mol. The molecule has 2 rings (SSSR count). The molecule has 5 nitrogen and oxygen atoms in total. The first-order valence-electron chi connectivity index (χ1n) is 5.76. The van der Waals surface area contributed by atoms with E-state index in [9.17, 15) is 25.2 Å². The maximum atomic E-state index is 11.3. The Morgan fingerprint density at radius 1 is 0.875 bits per heavy atom. The van der Waals surface area contributed by atoms with Gasteiger partial charge in [-0.25, -0.2) is 0 Å². The molecule has 0 heterocycles. The van der Waals surface area contributed by atoms with Crippen molar-refractivity contribution in [2.45, 2.75) is 56.5 Å². The number of aliphatic hydroxyl groups is 4. The summed E-state index contributed by atoms with van der Waals surface area (Å²) in [6, 6.07) is 0. The van der Waals surface area contributed by atoms with Crippen molar-refractivity contribution < 1.29 is 25.2 Å². The third kappa shape index (κ3) is 1.35. The zero-order chi connectivity index (χ0) is 12.0. The van der Waals surface area contributed by atoms with E-state index in [1.54, 1.807) is 0 Å². The highest BCUT2D eigenvalue weighted by atomic mass is 16.6. The zero-order valence-corrected chi connectivity index (χ0v) is 9.15. The van der Waals surface area contributed by atoms with Gasteiger partial charge in [-0.15, -0.1) is 0 Å². The van der Waals surface area contributed by atoms with Gasteiger partial charge in [-0.2, -0.15) is 0 Å². The molecule has 4 N–H and O–H groups in total. The van der Waals surface area contributed by atoms with Crippen LogP contribution in [0.4, 0.5) is 0 Å². The van der Waals surface area contributed by atoms with E-state index in [1.165, 1.54) is 0 Å². The molecule has 0 aromatic heterocycles. The smallest absolute Gasteiger partial charge is 0.280 e. The Hall–Kier alpha value is -0.490. The Labute approximate surface area is 93.7 Å². The molecule has 16 heavy (non-hydrogen) atoms. The first-order chi connectivity index (χ1) is 7.33. The molecule has 92 valence electrons. The number of carbonyl (C=O) groups is 1. The predicted octanol–water partition coefficient (Wildman–Crippen LogP) is -0.338. The van der Waals surface area contributed by atoms with Crippen LogP contribution in [0.2, 0.25) is 0 Å². The van der Waals surface area contributed by atoms with Crippen LogP contribution in [0.5, 0.6) is 0 Å². The summed E-state index contributed by atoms with van der Waals surface area (Å²) in [5, 5.41) is 39.2. The molecule has 0 unspecified atom stereocenters. The monoisotopic (exact) mass is 230 g/mol. The van der Waals surface area contributed by atoms with Crippen molar-refractivity contribution in [2.24, 2.45) is 5.41 Å². The normalized spacial score (nSPS) is 31.6. The van der Waals surface area contributed by atoms with Crippen LogP contribution in [-0.4, -0.2) is 37.8 Å². The fraction of sp³-hybridized carbons (Fsp3) is 0.909. The lowest BCUT2D eigenvalue weighted by Gasteiger charge is -2.53. The van der Waals surface area contributed by atoms with Crippen LogP contribution in [0.25, 0.3) is 0 Å². The van der Waals surface area contributed by atoms with Crippen LogP contribution < -0.4 is 0 Å². The van der Waals surface area contributed by atoms with Crippen molar-refractivity contribution in [1.82, 2.24) is 0 Å². The topological polar surface area (TPSA) is 98.0 Å². The molecular formula is C11H18O5. The number of rotatable bonds is 0. The van der Waals surface area contributed by atoms with Gasteiger partial charge in [-0.1, -0.05) is 19.3 Å². The Morgan fingerprint density at radius 3 is 2.00 bits per heavy atom. The average Bonchev–Trinajstić information content (AvgIpc) is 2.25. The van der Waals surface area contributed by atoms with E-state index in [0.29, 0.717) is 19.3 Å². The molecule has 0 atom stereocenters. The van der Waals surface area contributed by atoms with Gasteiger partial charge in [-0.3, -0.25) is 4.79 Å². The van der Waals surface area contributed by atoms with E-state index in [0.717, 1.165) is 19.3 Å². The predicted molar refractivity (Wildman–Crippen MR) is 54.1 cm³/mol. The first kappa shape index (κ1) is 12.0. The van der Waals surface area contributed by atoms with Gasteiger partial charge in [0.15, 0.2) is 5.78 Å². The van der Waals surface area contributed by atoms with E-state index in [-0.39, 0.29) is 6.42 Å². The second kappa shape index (κ2) is 3.50. The Kier molecular flexibility index (Phi) is 2.62. The number of carbonyl (C=O) groups excluding carboxylic acids is 1. The second-order valence-electron chi connectivity index (χ2n) is 5.11. The quantitative estimate of drug-likeness (QED) is 0.427. The van der Waals surface area contributed by atoms with Gasteiger partial charge in [0.05, 0.1) is 0 Å². The highest BCUT2D eigenvalue weighted by molar-refractivity contribution is 5.87. The molecule has 0 bridgehead atoms. The highest BCUT2D eigenvalue weighted by Gasteiger charge is 2.67. The zero-order valence-electron chi connectivity index (χ0n) is 9.15. The fourth-order valence-corrected chi connectivity index (χ4v) is 3.09. The largest absolute Gasteiger partial charge is 0.361 e. The van der Waals surface area contributed by atoms with Gasteiger partial charge in [-0.05, 0) is 19.3 Å². The van der Waals surface area contributed by atoms with Gasteiger partial charge in [0.25, 0.3) is 5.79 Å². The van der Waals surface area contributed by atoms with Crippen LogP contribution >= 0.6 is 0 Å². The number of hydrogen-bond donors (Lipinski definition) is 4. The third-order valence-corrected chi connectivity index (χ3v) is 4.26. The van der Waals surface area contributed by atoms with E-state index in [4.69, 9.17) is 0 Å². The summed E-state index contributed by atoms with van der Waals surface area (Å²) >= 11 is 0. The fourth-order valence-electron chi connectivity index (χ4n) is 3.09. The third-order valence-electron chi connectivity index (χ3n) is 4.26. The lowest BCUT2D eigenvalue weighted by Crippen LogP contribution is -2.70. The molecule has 2 aliphatic rings. The number of ketones is 1. The summed E-state index contributed by atoms with van der Waals surface area (Å²) in [5.74, 6) is -6.66. The summed E-state index contributed by atoms with van der Waals surface area (Å²) in [6.07, 6.45) is 4.03. The van der Waals surface area contributed by atoms with Crippen molar-refractivity contribution in [3.8, 4) is 0 Å². The average molecular weight is 230 g/mol. The molecule has 2 aliphatic carbocycles. The molecule has 0 radical (unpaired) electrons. The molecule has 0 amide bonds. The van der Waals surface area contributed by atoms with E-state index in [1.807, 2.05) is 0 Å². The van der Waals surface area contributed by atoms with Crippen molar-refractivity contribution in [1.29, 1.82) is 0 Å².